The van der Waals surface area contributed by atoms with Crippen molar-refractivity contribution in [1.82, 2.24) is 0 Å². The fourth-order valence-electron chi connectivity index (χ4n) is 1.35. The molecule has 0 aliphatic rings. The molecule has 0 heterocycles. The first kappa shape index (κ1) is 12.1. The Morgan fingerprint density at radius 3 is 2.58 bits per heavy atom. The van der Waals surface area contributed by atoms with E-state index in [0.717, 1.165) is 0 Å². The smallest absolute Gasteiger partial charge is 0.236 e. The molecule has 0 spiro atoms. The molecule has 4 heteroatoms. The molecule has 1 N–H and O–H groups in total. The molecule has 2 aromatic carbocycles. The van der Waals surface area contributed by atoms with Gasteiger partial charge in [-0.25, -0.2) is 0 Å². The Kier molecular flexibility index (Phi) is 3.69. The molecule has 0 saturated heterocycles. The van der Waals surface area contributed by atoms with Crippen LogP contribution in [-0.2, 0) is 0 Å². The molecule has 0 fully saturated rings. The van der Waals surface area contributed by atoms with Crippen LogP contribution in [0.25, 0.3) is 0 Å². The van der Waals surface area contributed by atoms with E-state index in [9.17, 15) is 9.90 Å². The molecule has 0 bridgehead atoms. The monoisotopic (exact) mass is 291 g/mol. The van der Waals surface area contributed by atoms with E-state index in [-0.39, 0.29) is 21.7 Å². The maximum absolute atomic E-state index is 12.0. The van der Waals surface area contributed by atoms with E-state index in [0.29, 0.717) is 5.56 Å². The second kappa shape index (κ2) is 5.79. The molecule has 0 aromatic heterocycles. The van der Waals surface area contributed by atoms with Crippen LogP contribution in [0.3, 0.4) is 0 Å². The Labute approximate surface area is 122 Å². The number of benzene rings is 2. The highest BCUT2D eigenvalue weighted by atomic mass is 35.5. The molecule has 0 aliphatic heterocycles. The molecule has 0 amide bonds. The number of Topliss-reactive ketones (excluding diaryl/α,β-unsaturated/α-hetero) is 1. The van der Waals surface area contributed by atoms with Crippen LogP contribution in [-0.4, -0.2) is 10.9 Å². The van der Waals surface area contributed by atoms with Crippen molar-refractivity contribution >= 4 is 29.0 Å². The van der Waals surface area contributed by atoms with Crippen molar-refractivity contribution < 1.29 is 11.3 Å². The van der Waals surface area contributed by atoms with Gasteiger partial charge in [0.2, 0.25) is 5.78 Å². The molecule has 94 valence electrons. The lowest BCUT2D eigenvalue weighted by molar-refractivity contribution is 0.105. The predicted molar refractivity (Wildman–Crippen MR) is 75.8 cm³/mol. The van der Waals surface area contributed by atoms with Gasteiger partial charge in [0.25, 0.3) is 0 Å². The topological polar surface area (TPSA) is 37.3 Å². The number of phenolic OH excluding ortho intramolecular Hbond substituents is 1. The van der Waals surface area contributed by atoms with Crippen LogP contribution in [0.15, 0.2) is 42.4 Å². The van der Waals surface area contributed by atoms with Crippen LogP contribution in [0.5, 0.6) is 5.75 Å². The van der Waals surface area contributed by atoms with E-state index < -0.39 is 11.5 Å². The quantitative estimate of drug-likeness (QED) is 0.638. The molecule has 0 aliphatic carbocycles. The Bertz CT molecular complexity index is 731. The second-order valence-electron chi connectivity index (χ2n) is 3.64. The van der Waals surface area contributed by atoms with Crippen LogP contribution >= 0.6 is 23.2 Å². The standard InChI is InChI=1S/C15H8Cl2O2/c16-12-8-11(9-13(17)15(12)19)14(18)7-6-10-4-2-1-3-5-10/h1-5,8-9,19H/i8D. The van der Waals surface area contributed by atoms with Crippen molar-refractivity contribution in [3.8, 4) is 17.6 Å². The fourth-order valence-corrected chi connectivity index (χ4v) is 1.81. The molecular formula is C15H8Cl2O2. The van der Waals surface area contributed by atoms with Crippen LogP contribution in [0.2, 0.25) is 10.0 Å². The van der Waals surface area contributed by atoms with Crippen molar-refractivity contribution in [3.05, 3.63) is 63.6 Å². The van der Waals surface area contributed by atoms with Crippen molar-refractivity contribution in [1.29, 1.82) is 0 Å². The van der Waals surface area contributed by atoms with E-state index >= 15 is 0 Å². The Morgan fingerprint density at radius 2 is 1.89 bits per heavy atom. The first-order valence-electron chi connectivity index (χ1n) is 5.79. The molecule has 0 saturated carbocycles. The molecule has 0 unspecified atom stereocenters. The van der Waals surface area contributed by atoms with Gasteiger partial charge in [0.1, 0.15) is 0 Å². The van der Waals surface area contributed by atoms with E-state index in [1.54, 1.807) is 24.3 Å². The van der Waals surface area contributed by atoms with Crippen LogP contribution in [0, 0.1) is 11.8 Å². The summed E-state index contributed by atoms with van der Waals surface area (Å²) < 4.78 is 7.71. The van der Waals surface area contributed by atoms with Crippen LogP contribution < -0.4 is 0 Å². The van der Waals surface area contributed by atoms with Crippen molar-refractivity contribution in [2.75, 3.05) is 0 Å². The number of halogens is 2. The van der Waals surface area contributed by atoms with Gasteiger partial charge in [-0.2, -0.15) is 0 Å². The number of hydrogen-bond acceptors (Lipinski definition) is 2. The van der Waals surface area contributed by atoms with Crippen molar-refractivity contribution in [2.45, 2.75) is 0 Å². The third-order valence-electron chi connectivity index (χ3n) is 2.29. The molecule has 2 aromatic rings. The van der Waals surface area contributed by atoms with Gasteiger partial charge < -0.3 is 5.11 Å². The average molecular weight is 292 g/mol. The lowest BCUT2D eigenvalue weighted by Crippen LogP contribution is -1.95. The fraction of sp³-hybridized carbons (Fsp3) is 0. The first-order chi connectivity index (χ1) is 9.50. The Balaban J connectivity index is 2.39. The molecule has 2 rings (SSSR count). The molecule has 0 radical (unpaired) electrons. The largest absolute Gasteiger partial charge is 0.505 e. The minimum atomic E-state index is -0.581. The SMILES string of the molecule is [2H]c1c(C(=O)C#Cc2ccccc2)cc(Cl)c(O)c1Cl. The first-order valence-corrected chi connectivity index (χ1v) is 6.05. The third-order valence-corrected chi connectivity index (χ3v) is 2.85. The van der Waals surface area contributed by atoms with Gasteiger partial charge in [-0.3, -0.25) is 4.79 Å². The number of hydrogen-bond donors (Lipinski definition) is 1. The van der Waals surface area contributed by atoms with Crippen LogP contribution in [0.4, 0.5) is 0 Å². The van der Waals surface area contributed by atoms with E-state index in [1.807, 2.05) is 6.07 Å². The summed E-state index contributed by atoms with van der Waals surface area (Å²) >= 11 is 11.5. The highest BCUT2D eigenvalue weighted by Gasteiger charge is 2.10. The van der Waals surface area contributed by atoms with Gasteiger partial charge >= 0.3 is 0 Å². The van der Waals surface area contributed by atoms with Gasteiger partial charge in [0.05, 0.1) is 11.4 Å². The zero-order valence-corrected chi connectivity index (χ0v) is 11.1. The average Bonchev–Trinajstić information content (AvgIpc) is 2.47. The maximum atomic E-state index is 12.0. The Hall–Kier alpha value is -1.95. The zero-order chi connectivity index (χ0) is 14.7. The minimum absolute atomic E-state index is 0.0405. The van der Waals surface area contributed by atoms with Crippen molar-refractivity contribution in [3.63, 3.8) is 0 Å². The summed E-state index contributed by atoms with van der Waals surface area (Å²) in [5, 5.41) is 9.12. The maximum Gasteiger partial charge on any atom is 0.236 e. The summed E-state index contributed by atoms with van der Waals surface area (Å²) in [6, 6.07) is 9.87. The van der Waals surface area contributed by atoms with Gasteiger partial charge in [-0.15, -0.1) is 0 Å². The zero-order valence-electron chi connectivity index (χ0n) is 10.6. The number of phenols is 1. The molecular weight excluding hydrogens is 283 g/mol. The minimum Gasteiger partial charge on any atom is -0.505 e. The summed E-state index contributed by atoms with van der Waals surface area (Å²) in [4.78, 5) is 12.0. The highest BCUT2D eigenvalue weighted by Crippen LogP contribution is 2.32. The van der Waals surface area contributed by atoms with Gasteiger partial charge in [-0.1, -0.05) is 47.3 Å². The van der Waals surface area contributed by atoms with E-state index in [1.165, 1.54) is 6.07 Å². The van der Waals surface area contributed by atoms with Gasteiger partial charge in [0.15, 0.2) is 5.75 Å². The molecule has 2 nitrogen and oxygen atoms in total. The number of aromatic hydroxyl groups is 1. The number of ketones is 1. The second-order valence-corrected chi connectivity index (χ2v) is 4.42. The summed E-state index contributed by atoms with van der Waals surface area (Å²) in [5.41, 5.74) is 0.643. The number of carbonyl (C=O) groups is 1. The van der Waals surface area contributed by atoms with Gasteiger partial charge in [0, 0.05) is 11.1 Å². The van der Waals surface area contributed by atoms with Gasteiger partial charge in [-0.05, 0) is 30.2 Å². The molecule has 19 heavy (non-hydrogen) atoms. The summed E-state index contributed by atoms with van der Waals surface area (Å²) in [7, 11) is 0. The normalized spacial score (nSPS) is 10.3. The van der Waals surface area contributed by atoms with Crippen molar-refractivity contribution in [2.24, 2.45) is 0 Å². The molecule has 0 atom stereocenters. The van der Waals surface area contributed by atoms with E-state index in [2.05, 4.69) is 11.8 Å². The predicted octanol–water partition coefficient (Wildman–Crippen LogP) is 3.93. The third kappa shape index (κ3) is 3.29. The summed E-state index contributed by atoms with van der Waals surface area (Å²) in [6.45, 7) is 0. The summed E-state index contributed by atoms with van der Waals surface area (Å²) in [5.74, 6) is 4.12. The van der Waals surface area contributed by atoms with Crippen LogP contribution in [0.1, 0.15) is 17.3 Å². The highest BCUT2D eigenvalue weighted by molar-refractivity contribution is 6.37. The lowest BCUT2D eigenvalue weighted by Gasteiger charge is -2.01. The van der Waals surface area contributed by atoms with E-state index in [4.69, 9.17) is 24.6 Å². The lowest BCUT2D eigenvalue weighted by atomic mass is 10.1. The number of rotatable bonds is 1. The Morgan fingerprint density at radius 1 is 1.21 bits per heavy atom. The number of carbonyl (C=O) groups excluding carboxylic acids is 1. The summed E-state index contributed by atoms with van der Waals surface area (Å²) in [6.07, 6.45) is 0.